The number of carboxylic acid groups (broad SMARTS) is 1. The van der Waals surface area contributed by atoms with Gasteiger partial charge in [-0.05, 0) is 122 Å². The molecule has 0 heterocycles. The van der Waals surface area contributed by atoms with Gasteiger partial charge in [-0.3, -0.25) is 4.72 Å². The number of anilines is 3. The zero-order valence-corrected chi connectivity index (χ0v) is 22.6. The molecular weight excluding hydrogens is 520 g/mol. The highest BCUT2D eigenvalue weighted by Crippen LogP contribution is 2.58. The average molecular weight is 551 g/mol. The van der Waals surface area contributed by atoms with Gasteiger partial charge in [0.05, 0.1) is 26.9 Å². The molecule has 4 aliphatic rings. The van der Waals surface area contributed by atoms with Crippen molar-refractivity contribution < 1.29 is 18.3 Å². The van der Waals surface area contributed by atoms with Crippen molar-refractivity contribution >= 4 is 44.7 Å². The summed E-state index contributed by atoms with van der Waals surface area (Å²) >= 11 is 6.78. The highest BCUT2D eigenvalue weighted by Gasteiger charge is 2.48. The quantitative estimate of drug-likeness (QED) is 0.284. The number of hydrogen-bond donors (Lipinski definition) is 3. The van der Waals surface area contributed by atoms with E-state index in [-0.39, 0.29) is 21.6 Å². The summed E-state index contributed by atoms with van der Waals surface area (Å²) in [6, 6.07) is 18.6. The van der Waals surface area contributed by atoms with Crippen molar-refractivity contribution in [2.75, 3.05) is 10.0 Å². The lowest BCUT2D eigenvalue weighted by Gasteiger charge is -2.45. The van der Waals surface area contributed by atoms with Gasteiger partial charge in [-0.2, -0.15) is 0 Å². The number of benzene rings is 3. The molecule has 3 aromatic carbocycles. The number of rotatable bonds is 7. The Bertz CT molecular complexity index is 1470. The Hall–Kier alpha value is -3.03. The largest absolute Gasteiger partial charge is 0.478 e. The SMILES string of the molecule is O=C(O)c1ccccc1NS(=O)(=O)c1ccc(Nc2ccc(C34CCC5CC(CC(C5)C3)C4)cc2Cl)cc1. The Kier molecular flexibility index (Phi) is 6.39. The monoisotopic (exact) mass is 550 g/mol. The lowest BCUT2D eigenvalue weighted by Crippen LogP contribution is -2.37. The fourth-order valence-electron chi connectivity index (χ4n) is 7.31. The van der Waals surface area contributed by atoms with Crippen molar-refractivity contribution in [2.24, 2.45) is 17.8 Å². The summed E-state index contributed by atoms with van der Waals surface area (Å²) in [5, 5.41) is 13.3. The van der Waals surface area contributed by atoms with Gasteiger partial charge in [0.15, 0.2) is 0 Å². The van der Waals surface area contributed by atoms with Crippen LogP contribution in [0.2, 0.25) is 5.02 Å². The van der Waals surface area contributed by atoms with Crippen LogP contribution in [0.3, 0.4) is 0 Å². The minimum absolute atomic E-state index is 0.0173. The molecule has 3 aromatic rings. The van der Waals surface area contributed by atoms with Crippen molar-refractivity contribution in [3.8, 4) is 0 Å². The molecule has 4 aliphatic carbocycles. The van der Waals surface area contributed by atoms with Crippen LogP contribution in [-0.4, -0.2) is 19.5 Å². The van der Waals surface area contributed by atoms with E-state index >= 15 is 0 Å². The molecule has 8 heteroatoms. The van der Waals surface area contributed by atoms with E-state index in [2.05, 4.69) is 22.2 Å². The van der Waals surface area contributed by atoms with Crippen LogP contribution in [0.1, 0.15) is 60.9 Å². The van der Waals surface area contributed by atoms with E-state index in [0.717, 1.165) is 23.4 Å². The van der Waals surface area contributed by atoms with Gasteiger partial charge in [-0.15, -0.1) is 0 Å². The summed E-state index contributed by atoms with van der Waals surface area (Å²) < 4.78 is 28.1. The van der Waals surface area contributed by atoms with Crippen molar-refractivity contribution in [1.29, 1.82) is 0 Å². The van der Waals surface area contributed by atoms with E-state index in [1.807, 2.05) is 6.07 Å². The molecule has 2 unspecified atom stereocenters. The number of halogens is 1. The third-order valence-electron chi connectivity index (χ3n) is 8.82. The Morgan fingerprint density at radius 3 is 2.26 bits per heavy atom. The van der Waals surface area contributed by atoms with Crippen molar-refractivity contribution in [3.05, 3.63) is 82.9 Å². The van der Waals surface area contributed by atoms with E-state index in [1.54, 1.807) is 24.3 Å². The molecule has 38 heavy (non-hydrogen) atoms. The van der Waals surface area contributed by atoms with Gasteiger partial charge in [-0.1, -0.05) is 29.8 Å². The van der Waals surface area contributed by atoms with E-state index in [0.29, 0.717) is 10.7 Å². The highest BCUT2D eigenvalue weighted by molar-refractivity contribution is 7.92. The van der Waals surface area contributed by atoms with E-state index in [4.69, 9.17) is 11.6 Å². The maximum absolute atomic E-state index is 12.9. The molecule has 4 fully saturated rings. The Balaban J connectivity index is 1.18. The highest BCUT2D eigenvalue weighted by atomic mass is 35.5. The molecule has 0 saturated heterocycles. The van der Waals surface area contributed by atoms with Gasteiger partial charge in [-0.25, -0.2) is 13.2 Å². The maximum Gasteiger partial charge on any atom is 0.337 e. The fraction of sp³-hybridized carbons (Fsp3) is 0.367. The van der Waals surface area contributed by atoms with Crippen molar-refractivity contribution in [1.82, 2.24) is 0 Å². The topological polar surface area (TPSA) is 95.5 Å². The standard InChI is InChI=1S/C30H31ClN2O4S/c31-26-16-22(30-12-11-19-13-20(17-30)15-21(14-19)18-30)5-10-28(26)32-23-6-8-24(9-7-23)38(36,37)33-27-4-2-1-3-25(27)29(34)35/h1-10,16,19-21,32-33H,11-15,17-18H2,(H,34,35). The zero-order valence-electron chi connectivity index (χ0n) is 21.0. The smallest absolute Gasteiger partial charge is 0.337 e. The minimum atomic E-state index is -3.97. The summed E-state index contributed by atoms with van der Waals surface area (Å²) in [6.45, 7) is 0. The van der Waals surface area contributed by atoms with Gasteiger partial charge in [0.1, 0.15) is 0 Å². The van der Waals surface area contributed by atoms with E-state index in [1.165, 1.54) is 74.8 Å². The summed E-state index contributed by atoms with van der Waals surface area (Å²) in [4.78, 5) is 11.5. The van der Waals surface area contributed by atoms with Crippen LogP contribution < -0.4 is 10.0 Å². The van der Waals surface area contributed by atoms with E-state index < -0.39 is 16.0 Å². The van der Waals surface area contributed by atoms with Gasteiger partial charge in [0.2, 0.25) is 0 Å². The first kappa shape index (κ1) is 25.3. The van der Waals surface area contributed by atoms with Gasteiger partial charge in [0.25, 0.3) is 10.0 Å². The van der Waals surface area contributed by atoms with Gasteiger partial charge >= 0.3 is 5.97 Å². The third-order valence-corrected chi connectivity index (χ3v) is 10.5. The molecule has 0 aliphatic heterocycles. The molecule has 2 atom stereocenters. The number of nitrogens with one attached hydrogen (secondary N) is 2. The molecule has 4 bridgehead atoms. The minimum Gasteiger partial charge on any atom is -0.478 e. The Labute approximate surface area is 228 Å². The number of hydrogen-bond acceptors (Lipinski definition) is 4. The Morgan fingerprint density at radius 1 is 0.895 bits per heavy atom. The van der Waals surface area contributed by atoms with Crippen LogP contribution >= 0.6 is 11.6 Å². The lowest BCUT2D eigenvalue weighted by molar-refractivity contribution is 0.0698. The normalized spacial score (nSPS) is 26.1. The number of carbonyl (C=O) groups is 1. The van der Waals surface area contributed by atoms with E-state index in [9.17, 15) is 18.3 Å². The molecule has 7 rings (SSSR count). The van der Waals surface area contributed by atoms with Crippen LogP contribution in [0.15, 0.2) is 71.6 Å². The summed E-state index contributed by atoms with van der Waals surface area (Å²) in [5.41, 5.74) is 3.00. The molecule has 3 N–H and O–H groups in total. The predicted molar refractivity (Wildman–Crippen MR) is 150 cm³/mol. The number of fused-ring (bicyclic) bond motifs is 1. The Morgan fingerprint density at radius 2 is 1.58 bits per heavy atom. The number of para-hydroxylation sites is 1. The zero-order chi connectivity index (χ0) is 26.5. The molecule has 0 spiro atoms. The number of carboxylic acids is 1. The first-order chi connectivity index (χ1) is 18.2. The van der Waals surface area contributed by atoms with Crippen LogP contribution in [0.5, 0.6) is 0 Å². The summed E-state index contributed by atoms with van der Waals surface area (Å²) in [7, 11) is -3.97. The van der Waals surface area contributed by atoms with Gasteiger partial charge in [0, 0.05) is 5.69 Å². The second-order valence-electron chi connectivity index (χ2n) is 11.3. The van der Waals surface area contributed by atoms with Crippen LogP contribution in [-0.2, 0) is 15.4 Å². The molecule has 198 valence electrons. The lowest BCUT2D eigenvalue weighted by atomic mass is 9.59. The van der Waals surface area contributed by atoms with Crippen molar-refractivity contribution in [2.45, 2.75) is 55.3 Å². The first-order valence-corrected chi connectivity index (χ1v) is 15.1. The average Bonchev–Trinajstić information content (AvgIpc) is 3.09. The predicted octanol–water partition coefficient (Wildman–Crippen LogP) is 7.44. The second kappa shape index (κ2) is 9.62. The molecule has 0 aromatic heterocycles. The number of aromatic carboxylic acids is 1. The first-order valence-electron chi connectivity index (χ1n) is 13.2. The molecule has 4 saturated carbocycles. The number of sulfonamides is 1. The maximum atomic E-state index is 12.9. The third kappa shape index (κ3) is 4.78. The van der Waals surface area contributed by atoms with Crippen molar-refractivity contribution in [3.63, 3.8) is 0 Å². The molecule has 6 nitrogen and oxygen atoms in total. The fourth-order valence-corrected chi connectivity index (χ4v) is 8.61. The molecule has 0 amide bonds. The second-order valence-corrected chi connectivity index (χ2v) is 13.4. The van der Waals surface area contributed by atoms with Crippen LogP contribution in [0, 0.1) is 17.8 Å². The molecule has 0 radical (unpaired) electrons. The van der Waals surface area contributed by atoms with Gasteiger partial charge < -0.3 is 10.4 Å². The summed E-state index contributed by atoms with van der Waals surface area (Å²) in [5.74, 6) is 1.42. The van der Waals surface area contributed by atoms with Crippen LogP contribution in [0.25, 0.3) is 0 Å². The summed E-state index contributed by atoms with van der Waals surface area (Å²) in [6.07, 6.45) is 9.36. The van der Waals surface area contributed by atoms with Crippen LogP contribution in [0.4, 0.5) is 17.1 Å². The molecular formula is C30H31ClN2O4S.